The highest BCUT2D eigenvalue weighted by Gasteiger charge is 2.34. The number of rotatable bonds is 12. The molecule has 0 aliphatic rings. The first-order valence-electron chi connectivity index (χ1n) is 13.5. The number of hydrogen-bond donors (Lipinski definition) is 1. The second-order valence-electron chi connectivity index (χ2n) is 9.99. The number of sulfonamides is 1. The van der Waals surface area contributed by atoms with Gasteiger partial charge in [0.15, 0.2) is 0 Å². The number of anilines is 1. The molecule has 3 aromatic rings. The van der Waals surface area contributed by atoms with Crippen molar-refractivity contribution in [3.05, 3.63) is 94.0 Å². The van der Waals surface area contributed by atoms with Crippen LogP contribution in [-0.2, 0) is 26.2 Å². The van der Waals surface area contributed by atoms with Crippen molar-refractivity contribution in [2.24, 2.45) is 0 Å². The van der Waals surface area contributed by atoms with E-state index in [0.29, 0.717) is 16.6 Å². The molecule has 0 aliphatic heterocycles. The minimum atomic E-state index is -4.11. The van der Waals surface area contributed by atoms with Gasteiger partial charge in [-0.2, -0.15) is 0 Å². The molecule has 40 heavy (non-hydrogen) atoms. The summed E-state index contributed by atoms with van der Waals surface area (Å²) in [4.78, 5) is 29.1. The number of amides is 2. The van der Waals surface area contributed by atoms with Crippen LogP contribution in [0.5, 0.6) is 0 Å². The molecule has 2 atom stereocenters. The Morgan fingerprint density at radius 3 is 2.20 bits per heavy atom. The molecule has 7 nitrogen and oxygen atoms in total. The molecule has 3 aromatic carbocycles. The fraction of sp³-hybridized carbons (Fsp3) is 0.355. The van der Waals surface area contributed by atoms with Gasteiger partial charge in [-0.15, -0.1) is 0 Å². The van der Waals surface area contributed by atoms with Gasteiger partial charge >= 0.3 is 0 Å². The molecule has 0 fully saturated rings. The lowest BCUT2D eigenvalue weighted by atomic mass is 10.1. The molecule has 0 unspecified atom stereocenters. The maximum Gasteiger partial charge on any atom is 0.264 e. The van der Waals surface area contributed by atoms with Gasteiger partial charge in [0.2, 0.25) is 11.8 Å². The van der Waals surface area contributed by atoms with Crippen LogP contribution in [0.3, 0.4) is 0 Å². The average molecular weight is 629 g/mol. The third-order valence-corrected chi connectivity index (χ3v) is 9.25. The van der Waals surface area contributed by atoms with Crippen molar-refractivity contribution < 1.29 is 18.0 Å². The first-order valence-corrected chi connectivity index (χ1v) is 15.7. The quantitative estimate of drug-likeness (QED) is 0.267. The molecule has 0 saturated carbocycles. The van der Waals surface area contributed by atoms with Gasteiger partial charge in [0.1, 0.15) is 12.6 Å². The van der Waals surface area contributed by atoms with Crippen LogP contribution < -0.4 is 9.62 Å². The molecule has 0 radical (unpaired) electrons. The fourth-order valence-electron chi connectivity index (χ4n) is 4.33. The molecule has 2 amide bonds. The molecular weight excluding hydrogens is 590 g/mol. The van der Waals surface area contributed by atoms with Crippen molar-refractivity contribution in [3.63, 3.8) is 0 Å². The molecule has 0 aromatic heterocycles. The van der Waals surface area contributed by atoms with Crippen molar-refractivity contribution >= 4 is 43.5 Å². The lowest BCUT2D eigenvalue weighted by Crippen LogP contribution is -2.53. The van der Waals surface area contributed by atoms with E-state index in [0.717, 1.165) is 27.4 Å². The van der Waals surface area contributed by atoms with Crippen LogP contribution in [0.25, 0.3) is 0 Å². The van der Waals surface area contributed by atoms with E-state index in [4.69, 9.17) is 0 Å². The van der Waals surface area contributed by atoms with Crippen molar-refractivity contribution in [2.75, 3.05) is 10.8 Å². The van der Waals surface area contributed by atoms with Gasteiger partial charge in [-0.3, -0.25) is 13.9 Å². The average Bonchev–Trinajstić information content (AvgIpc) is 2.92. The minimum Gasteiger partial charge on any atom is -0.352 e. The molecule has 214 valence electrons. The van der Waals surface area contributed by atoms with Gasteiger partial charge in [-0.1, -0.05) is 77.8 Å². The summed E-state index contributed by atoms with van der Waals surface area (Å²) < 4.78 is 29.7. The van der Waals surface area contributed by atoms with E-state index in [1.165, 1.54) is 4.90 Å². The van der Waals surface area contributed by atoms with Crippen molar-refractivity contribution in [3.8, 4) is 0 Å². The highest BCUT2D eigenvalue weighted by molar-refractivity contribution is 9.10. The van der Waals surface area contributed by atoms with Crippen LogP contribution in [0.4, 0.5) is 5.69 Å². The smallest absolute Gasteiger partial charge is 0.264 e. The Hall–Kier alpha value is -3.17. The number of halogens is 1. The lowest BCUT2D eigenvalue weighted by molar-refractivity contribution is -0.140. The van der Waals surface area contributed by atoms with Crippen LogP contribution in [-0.4, -0.2) is 43.8 Å². The maximum atomic E-state index is 14.1. The summed E-state index contributed by atoms with van der Waals surface area (Å²) in [6.45, 7) is 9.29. The zero-order valence-electron chi connectivity index (χ0n) is 23.7. The van der Waals surface area contributed by atoms with Gasteiger partial charge in [0, 0.05) is 17.1 Å². The molecule has 9 heteroatoms. The summed E-state index contributed by atoms with van der Waals surface area (Å²) in [5, 5.41) is 3.00. The van der Waals surface area contributed by atoms with E-state index in [-0.39, 0.29) is 23.4 Å². The summed E-state index contributed by atoms with van der Waals surface area (Å²) in [6.07, 6.45) is 1.13. The number of aryl methyl sites for hydroxylation is 2. The van der Waals surface area contributed by atoms with Gasteiger partial charge in [-0.05, 0) is 75.1 Å². The Labute approximate surface area is 246 Å². The van der Waals surface area contributed by atoms with Crippen molar-refractivity contribution in [1.29, 1.82) is 0 Å². The molecule has 0 aliphatic carbocycles. The number of carbonyl (C=O) groups excluding carboxylic acids is 2. The Balaban J connectivity index is 2.07. The zero-order chi connectivity index (χ0) is 29.4. The SMILES string of the molecule is CC[C@H](C)NC(=O)[C@H](CC)N(Cc1ccccc1C)C(=O)CN(c1cccc(Br)c1)S(=O)(=O)c1ccc(C)cc1. The van der Waals surface area contributed by atoms with Gasteiger partial charge in [0.25, 0.3) is 10.0 Å². The van der Waals surface area contributed by atoms with E-state index in [9.17, 15) is 18.0 Å². The molecule has 1 N–H and O–H groups in total. The third kappa shape index (κ3) is 7.73. The lowest BCUT2D eigenvalue weighted by Gasteiger charge is -2.34. The number of benzene rings is 3. The van der Waals surface area contributed by atoms with Crippen LogP contribution in [0, 0.1) is 13.8 Å². The molecule has 0 heterocycles. The van der Waals surface area contributed by atoms with E-state index in [1.54, 1.807) is 48.5 Å². The topological polar surface area (TPSA) is 86.8 Å². The second-order valence-corrected chi connectivity index (χ2v) is 12.8. The molecule has 0 saturated heterocycles. The van der Waals surface area contributed by atoms with Crippen LogP contribution >= 0.6 is 15.9 Å². The molecular formula is C31H38BrN3O4S. The Morgan fingerprint density at radius 2 is 1.60 bits per heavy atom. The second kappa shape index (κ2) is 13.9. The fourth-order valence-corrected chi connectivity index (χ4v) is 6.12. The van der Waals surface area contributed by atoms with E-state index < -0.39 is 28.5 Å². The summed E-state index contributed by atoms with van der Waals surface area (Å²) in [5.41, 5.74) is 3.14. The highest BCUT2D eigenvalue weighted by Crippen LogP contribution is 2.27. The Bertz CT molecular complexity index is 1430. The Morgan fingerprint density at radius 1 is 0.925 bits per heavy atom. The van der Waals surface area contributed by atoms with Crippen LogP contribution in [0.2, 0.25) is 0 Å². The van der Waals surface area contributed by atoms with Crippen LogP contribution in [0.15, 0.2) is 82.2 Å². The Kier molecular flexibility index (Phi) is 10.9. The molecule has 0 bridgehead atoms. The summed E-state index contributed by atoms with van der Waals surface area (Å²) in [7, 11) is -4.11. The number of nitrogens with one attached hydrogen (secondary N) is 1. The first kappa shape index (κ1) is 31.4. The standard InChI is InChI=1S/C31H38BrN3O4S/c1-6-24(5)33-31(37)29(7-2)34(20-25-12-9-8-11-23(25)4)30(36)21-35(27-14-10-13-26(32)19-27)40(38,39)28-17-15-22(3)16-18-28/h8-19,24,29H,6-7,20-21H2,1-5H3,(H,33,37)/t24-,29-/m0/s1. The number of nitrogens with zero attached hydrogens (tertiary/aromatic N) is 2. The van der Waals surface area contributed by atoms with Gasteiger partial charge < -0.3 is 10.2 Å². The predicted octanol–water partition coefficient (Wildman–Crippen LogP) is 5.98. The normalized spacial score (nSPS) is 12.8. The van der Waals surface area contributed by atoms with Crippen LogP contribution in [0.1, 0.15) is 50.3 Å². The zero-order valence-corrected chi connectivity index (χ0v) is 26.1. The van der Waals surface area contributed by atoms with E-state index in [2.05, 4.69) is 21.2 Å². The number of carbonyl (C=O) groups is 2. The van der Waals surface area contributed by atoms with Crippen molar-refractivity contribution in [2.45, 2.75) is 71.0 Å². The van der Waals surface area contributed by atoms with E-state index >= 15 is 0 Å². The van der Waals surface area contributed by atoms with Gasteiger partial charge in [-0.25, -0.2) is 8.42 Å². The summed E-state index contributed by atoms with van der Waals surface area (Å²) >= 11 is 3.42. The molecule has 3 rings (SSSR count). The molecule has 0 spiro atoms. The monoisotopic (exact) mass is 627 g/mol. The predicted molar refractivity (Wildman–Crippen MR) is 164 cm³/mol. The number of hydrogen-bond acceptors (Lipinski definition) is 4. The largest absolute Gasteiger partial charge is 0.352 e. The van der Waals surface area contributed by atoms with Gasteiger partial charge in [0.05, 0.1) is 10.6 Å². The maximum absolute atomic E-state index is 14.1. The van der Waals surface area contributed by atoms with E-state index in [1.807, 2.05) is 58.9 Å². The summed E-state index contributed by atoms with van der Waals surface area (Å²) in [6, 6.07) is 20.2. The first-order chi connectivity index (χ1) is 19.0. The highest BCUT2D eigenvalue weighted by atomic mass is 79.9. The minimum absolute atomic E-state index is 0.0583. The van der Waals surface area contributed by atoms with Crippen molar-refractivity contribution in [1.82, 2.24) is 10.2 Å². The third-order valence-electron chi connectivity index (χ3n) is 6.97. The summed E-state index contributed by atoms with van der Waals surface area (Å²) in [5.74, 6) is -0.723.